The zero-order valence-electron chi connectivity index (χ0n) is 13.2. The van der Waals surface area contributed by atoms with Gasteiger partial charge in [-0.2, -0.15) is 0 Å². The number of hydrogen-bond donors (Lipinski definition) is 1. The number of nitrogens with one attached hydrogen (secondary N) is 1. The lowest BCUT2D eigenvalue weighted by Gasteiger charge is -2.37. The molecule has 1 atom stereocenters. The minimum absolute atomic E-state index is 0.0981. The van der Waals surface area contributed by atoms with E-state index < -0.39 is 5.54 Å². The van der Waals surface area contributed by atoms with Gasteiger partial charge < -0.3 is 15.0 Å². The molecule has 0 aromatic rings. The number of rotatable bonds is 9. The van der Waals surface area contributed by atoms with Crippen LogP contribution in [0.25, 0.3) is 0 Å². The van der Waals surface area contributed by atoms with Crippen LogP contribution in [-0.4, -0.2) is 49.7 Å². The molecule has 112 valence electrons. The number of carbonyl (C=O) groups is 1. The number of likely N-dealkylation sites (N-methyl/N-ethyl adjacent to an activating group) is 2. The topological polar surface area (TPSA) is 41.6 Å². The number of methoxy groups -OCH3 is 1. The van der Waals surface area contributed by atoms with E-state index in [9.17, 15) is 4.79 Å². The van der Waals surface area contributed by atoms with Crippen LogP contribution in [0.4, 0.5) is 0 Å². The summed E-state index contributed by atoms with van der Waals surface area (Å²) in [7, 11) is 1.50. The van der Waals surface area contributed by atoms with Crippen LogP contribution >= 0.6 is 0 Å². The summed E-state index contributed by atoms with van der Waals surface area (Å²) < 4.78 is 5.09. The number of nitrogens with zero attached hydrogens (tertiary/aromatic N) is 1. The normalized spacial score (nSPS) is 18.7. The molecule has 1 saturated carbocycles. The predicted octanol–water partition coefficient (Wildman–Crippen LogP) is 1.90. The van der Waals surface area contributed by atoms with Crippen LogP contribution in [0.1, 0.15) is 40.5 Å². The molecule has 19 heavy (non-hydrogen) atoms. The van der Waals surface area contributed by atoms with Crippen molar-refractivity contribution >= 4 is 5.97 Å². The molecule has 1 N–H and O–H groups in total. The molecule has 1 unspecified atom stereocenters. The van der Waals surface area contributed by atoms with E-state index in [4.69, 9.17) is 4.74 Å². The van der Waals surface area contributed by atoms with E-state index in [0.29, 0.717) is 11.8 Å². The van der Waals surface area contributed by atoms with Gasteiger partial charge in [0.1, 0.15) is 5.54 Å². The van der Waals surface area contributed by atoms with Gasteiger partial charge in [-0.15, -0.1) is 0 Å². The van der Waals surface area contributed by atoms with Crippen molar-refractivity contribution in [3.63, 3.8) is 0 Å². The summed E-state index contributed by atoms with van der Waals surface area (Å²) in [5.41, 5.74) is -0.506. The van der Waals surface area contributed by atoms with Crippen molar-refractivity contribution in [3.05, 3.63) is 0 Å². The van der Waals surface area contributed by atoms with Gasteiger partial charge in [-0.05, 0) is 37.8 Å². The Morgan fingerprint density at radius 2 is 2.05 bits per heavy atom. The second-order valence-corrected chi connectivity index (χ2v) is 5.99. The van der Waals surface area contributed by atoms with E-state index in [1.807, 2.05) is 0 Å². The van der Waals surface area contributed by atoms with Crippen LogP contribution in [0.3, 0.4) is 0 Å². The molecule has 1 aliphatic rings. The molecule has 0 aliphatic heterocycles. The van der Waals surface area contributed by atoms with Crippen molar-refractivity contribution in [1.82, 2.24) is 10.2 Å². The molecular formula is C15H30N2O2. The maximum absolute atomic E-state index is 12.3. The Labute approximate surface area is 117 Å². The Kier molecular flexibility index (Phi) is 6.27. The van der Waals surface area contributed by atoms with Gasteiger partial charge in [-0.1, -0.05) is 27.7 Å². The number of hydrogen-bond acceptors (Lipinski definition) is 4. The monoisotopic (exact) mass is 270 g/mol. The predicted molar refractivity (Wildman–Crippen MR) is 78.1 cm³/mol. The first-order valence-corrected chi connectivity index (χ1v) is 7.55. The summed E-state index contributed by atoms with van der Waals surface area (Å²) in [6, 6.07) is 0. The minimum Gasteiger partial charge on any atom is -0.468 e. The van der Waals surface area contributed by atoms with Crippen LogP contribution < -0.4 is 5.32 Å². The molecule has 0 aromatic carbocycles. The molecule has 0 aromatic heterocycles. The molecule has 0 radical (unpaired) electrons. The van der Waals surface area contributed by atoms with Crippen molar-refractivity contribution < 1.29 is 9.53 Å². The standard InChI is InChI=1S/C15H30N2O2/c1-6-16-15(13-8-9-13,14(18)19-5)11-17(7-2)10-12(3)4/h12-13,16H,6-11H2,1-5H3. The summed E-state index contributed by atoms with van der Waals surface area (Å²) in [5.74, 6) is 0.941. The lowest BCUT2D eigenvalue weighted by molar-refractivity contribution is -0.150. The Hall–Kier alpha value is -0.610. The Bertz CT molecular complexity index is 290. The second kappa shape index (κ2) is 7.25. The summed E-state index contributed by atoms with van der Waals surface area (Å²) in [6.45, 7) is 12.2. The van der Waals surface area contributed by atoms with E-state index >= 15 is 0 Å². The molecule has 1 aliphatic carbocycles. The Morgan fingerprint density at radius 3 is 2.42 bits per heavy atom. The van der Waals surface area contributed by atoms with Crippen LogP contribution in [0.15, 0.2) is 0 Å². The van der Waals surface area contributed by atoms with E-state index in [0.717, 1.165) is 39.0 Å². The third-order valence-corrected chi connectivity index (χ3v) is 3.86. The average Bonchev–Trinajstić information content (AvgIpc) is 3.20. The molecule has 0 saturated heterocycles. The number of ether oxygens (including phenoxy) is 1. The SMILES string of the molecule is CCNC(CN(CC)CC(C)C)(C(=O)OC)C1CC1. The first kappa shape index (κ1) is 16.4. The van der Waals surface area contributed by atoms with E-state index in [-0.39, 0.29) is 5.97 Å². The van der Waals surface area contributed by atoms with Crippen molar-refractivity contribution in [1.29, 1.82) is 0 Å². The first-order valence-electron chi connectivity index (χ1n) is 7.55. The number of carbonyl (C=O) groups excluding carboxylic acids is 1. The highest BCUT2D eigenvalue weighted by Gasteiger charge is 2.52. The quantitative estimate of drug-likeness (QED) is 0.650. The average molecular weight is 270 g/mol. The summed E-state index contributed by atoms with van der Waals surface area (Å²) in [6.07, 6.45) is 2.25. The molecule has 1 fully saturated rings. The van der Waals surface area contributed by atoms with Gasteiger partial charge in [-0.25, -0.2) is 4.79 Å². The van der Waals surface area contributed by atoms with Gasteiger partial charge in [0.15, 0.2) is 0 Å². The third kappa shape index (κ3) is 4.18. The molecule has 0 amide bonds. The van der Waals surface area contributed by atoms with Gasteiger partial charge in [0.05, 0.1) is 7.11 Å². The molecule has 1 rings (SSSR count). The van der Waals surface area contributed by atoms with E-state index in [1.54, 1.807) is 0 Å². The van der Waals surface area contributed by atoms with Crippen LogP contribution in [0, 0.1) is 11.8 Å². The summed E-state index contributed by atoms with van der Waals surface area (Å²) in [4.78, 5) is 14.7. The molecular weight excluding hydrogens is 240 g/mol. The maximum Gasteiger partial charge on any atom is 0.327 e. The van der Waals surface area contributed by atoms with E-state index in [2.05, 4.69) is 37.9 Å². The summed E-state index contributed by atoms with van der Waals surface area (Å²) in [5, 5.41) is 3.43. The summed E-state index contributed by atoms with van der Waals surface area (Å²) >= 11 is 0. The fraction of sp³-hybridized carbons (Fsp3) is 0.933. The second-order valence-electron chi connectivity index (χ2n) is 5.99. The Balaban J connectivity index is 2.85. The van der Waals surface area contributed by atoms with E-state index in [1.165, 1.54) is 7.11 Å². The van der Waals surface area contributed by atoms with Gasteiger partial charge in [-0.3, -0.25) is 0 Å². The Morgan fingerprint density at radius 1 is 1.42 bits per heavy atom. The van der Waals surface area contributed by atoms with Crippen molar-refractivity contribution in [2.75, 3.05) is 33.3 Å². The first-order chi connectivity index (χ1) is 9.00. The van der Waals surface area contributed by atoms with Gasteiger partial charge >= 0.3 is 5.97 Å². The lowest BCUT2D eigenvalue weighted by Crippen LogP contribution is -2.61. The molecule has 4 nitrogen and oxygen atoms in total. The van der Waals surface area contributed by atoms with Crippen molar-refractivity contribution in [2.45, 2.75) is 46.1 Å². The fourth-order valence-corrected chi connectivity index (χ4v) is 2.88. The highest BCUT2D eigenvalue weighted by molar-refractivity contribution is 5.82. The number of esters is 1. The molecule has 0 heterocycles. The van der Waals surface area contributed by atoms with Crippen molar-refractivity contribution in [2.24, 2.45) is 11.8 Å². The largest absolute Gasteiger partial charge is 0.468 e. The minimum atomic E-state index is -0.506. The van der Waals surface area contributed by atoms with Crippen LogP contribution in [0.5, 0.6) is 0 Å². The smallest absolute Gasteiger partial charge is 0.327 e. The van der Waals surface area contributed by atoms with Crippen LogP contribution in [-0.2, 0) is 9.53 Å². The van der Waals surface area contributed by atoms with Gasteiger partial charge in [0, 0.05) is 13.1 Å². The molecule has 4 heteroatoms. The fourth-order valence-electron chi connectivity index (χ4n) is 2.88. The lowest BCUT2D eigenvalue weighted by atomic mass is 9.91. The highest BCUT2D eigenvalue weighted by Crippen LogP contribution is 2.41. The molecule has 0 spiro atoms. The van der Waals surface area contributed by atoms with Crippen LogP contribution in [0.2, 0.25) is 0 Å². The van der Waals surface area contributed by atoms with Crippen molar-refractivity contribution in [3.8, 4) is 0 Å². The van der Waals surface area contributed by atoms with Gasteiger partial charge in [0.2, 0.25) is 0 Å². The zero-order chi connectivity index (χ0) is 14.5. The highest BCUT2D eigenvalue weighted by atomic mass is 16.5. The maximum atomic E-state index is 12.3. The van der Waals surface area contributed by atoms with Gasteiger partial charge in [0.25, 0.3) is 0 Å². The molecule has 0 bridgehead atoms. The zero-order valence-corrected chi connectivity index (χ0v) is 13.2. The third-order valence-electron chi connectivity index (χ3n) is 3.86.